The maximum Gasteiger partial charge on any atom is 0.355 e. The summed E-state index contributed by atoms with van der Waals surface area (Å²) in [6.45, 7) is 8.58. The van der Waals surface area contributed by atoms with E-state index in [1.54, 1.807) is 6.92 Å². The Bertz CT molecular complexity index is 366. The zero-order valence-corrected chi connectivity index (χ0v) is 10.2. The average molecular weight is 228 g/mol. The van der Waals surface area contributed by atoms with Crippen LogP contribution in [0.4, 0.5) is 0 Å². The fourth-order valence-corrected chi connectivity index (χ4v) is 1.93. The standard InChI is InChI=1S/C10H16N2O2S/c1-6-8(9(13)14)12-7(15-6)5-11-10(2,3)4/h11H,5H2,1-4H3,(H,13,14). The molecule has 0 aromatic carbocycles. The van der Waals surface area contributed by atoms with Crippen molar-refractivity contribution >= 4 is 17.3 Å². The van der Waals surface area contributed by atoms with Crippen molar-refractivity contribution in [2.75, 3.05) is 0 Å². The van der Waals surface area contributed by atoms with Gasteiger partial charge in [0.15, 0.2) is 5.69 Å². The number of aryl methyl sites for hydroxylation is 1. The first-order chi connectivity index (χ1) is 6.79. The molecule has 0 saturated carbocycles. The molecule has 0 fully saturated rings. The normalized spacial score (nSPS) is 11.7. The molecule has 0 unspecified atom stereocenters. The second kappa shape index (κ2) is 4.28. The van der Waals surface area contributed by atoms with Gasteiger partial charge in [-0.1, -0.05) is 0 Å². The summed E-state index contributed by atoms with van der Waals surface area (Å²) >= 11 is 1.43. The average Bonchev–Trinajstić information content (AvgIpc) is 2.42. The summed E-state index contributed by atoms with van der Waals surface area (Å²) in [6.07, 6.45) is 0. The number of aromatic carboxylic acids is 1. The molecule has 0 radical (unpaired) electrons. The van der Waals surface area contributed by atoms with Gasteiger partial charge in [0.25, 0.3) is 0 Å². The van der Waals surface area contributed by atoms with Crippen LogP contribution in [0.15, 0.2) is 0 Å². The molecule has 1 heterocycles. The van der Waals surface area contributed by atoms with E-state index in [1.807, 2.05) is 0 Å². The van der Waals surface area contributed by atoms with Gasteiger partial charge >= 0.3 is 5.97 Å². The van der Waals surface area contributed by atoms with Crippen LogP contribution in [0, 0.1) is 6.92 Å². The van der Waals surface area contributed by atoms with E-state index in [0.29, 0.717) is 6.54 Å². The van der Waals surface area contributed by atoms with Gasteiger partial charge < -0.3 is 10.4 Å². The van der Waals surface area contributed by atoms with Gasteiger partial charge in [0.2, 0.25) is 0 Å². The molecule has 0 spiro atoms. The number of nitrogens with one attached hydrogen (secondary N) is 1. The third-order valence-electron chi connectivity index (χ3n) is 1.81. The summed E-state index contributed by atoms with van der Waals surface area (Å²) in [6, 6.07) is 0. The number of carboxylic acids is 1. The van der Waals surface area contributed by atoms with Gasteiger partial charge in [-0.25, -0.2) is 9.78 Å². The zero-order chi connectivity index (χ0) is 11.6. The van der Waals surface area contributed by atoms with Crippen LogP contribution in [0.1, 0.15) is 41.1 Å². The maximum absolute atomic E-state index is 10.8. The Morgan fingerprint density at radius 2 is 2.13 bits per heavy atom. The maximum atomic E-state index is 10.8. The first-order valence-electron chi connectivity index (χ1n) is 4.74. The Kier molecular flexibility index (Phi) is 3.46. The molecule has 5 heteroatoms. The largest absolute Gasteiger partial charge is 0.476 e. The van der Waals surface area contributed by atoms with Crippen molar-refractivity contribution in [2.24, 2.45) is 0 Å². The molecule has 0 aliphatic heterocycles. The van der Waals surface area contributed by atoms with Crippen LogP contribution in [0.25, 0.3) is 0 Å². The van der Waals surface area contributed by atoms with Crippen molar-refractivity contribution in [2.45, 2.75) is 39.8 Å². The topological polar surface area (TPSA) is 62.2 Å². The van der Waals surface area contributed by atoms with Gasteiger partial charge in [-0.3, -0.25) is 0 Å². The predicted molar refractivity (Wildman–Crippen MR) is 60.4 cm³/mol. The van der Waals surface area contributed by atoms with E-state index >= 15 is 0 Å². The van der Waals surface area contributed by atoms with Crippen molar-refractivity contribution < 1.29 is 9.90 Å². The summed E-state index contributed by atoms with van der Waals surface area (Å²) in [7, 11) is 0. The summed E-state index contributed by atoms with van der Waals surface area (Å²) in [5.41, 5.74) is 0.189. The molecule has 4 nitrogen and oxygen atoms in total. The second-order valence-electron chi connectivity index (χ2n) is 4.42. The lowest BCUT2D eigenvalue weighted by Gasteiger charge is -2.19. The Hall–Kier alpha value is -0.940. The van der Waals surface area contributed by atoms with Gasteiger partial charge in [0, 0.05) is 17.0 Å². The molecule has 0 atom stereocenters. The van der Waals surface area contributed by atoms with E-state index in [0.717, 1.165) is 9.88 Å². The lowest BCUT2D eigenvalue weighted by Crippen LogP contribution is -2.35. The van der Waals surface area contributed by atoms with E-state index in [2.05, 4.69) is 31.1 Å². The summed E-state index contributed by atoms with van der Waals surface area (Å²) in [5.74, 6) is -0.953. The number of aromatic nitrogens is 1. The lowest BCUT2D eigenvalue weighted by atomic mass is 10.1. The number of thiazole rings is 1. The molecule has 0 bridgehead atoms. The Labute approximate surface area is 93.4 Å². The molecule has 1 aromatic rings. The molecule has 0 saturated heterocycles. The number of rotatable bonds is 3. The van der Waals surface area contributed by atoms with Crippen molar-refractivity contribution in [1.29, 1.82) is 0 Å². The molecule has 1 rings (SSSR count). The summed E-state index contributed by atoms with van der Waals surface area (Å²) in [4.78, 5) is 15.6. The first-order valence-corrected chi connectivity index (χ1v) is 5.56. The van der Waals surface area contributed by atoms with Gasteiger partial charge in [-0.05, 0) is 27.7 Å². The monoisotopic (exact) mass is 228 g/mol. The first kappa shape index (κ1) is 12.1. The van der Waals surface area contributed by atoms with Gasteiger partial charge in [-0.15, -0.1) is 11.3 Å². The highest BCUT2D eigenvalue weighted by molar-refractivity contribution is 7.11. The molecule has 1 aromatic heterocycles. The molecule has 0 aliphatic rings. The Balaban J connectivity index is 2.72. The second-order valence-corrected chi connectivity index (χ2v) is 5.71. The minimum Gasteiger partial charge on any atom is -0.476 e. The number of nitrogens with zero attached hydrogens (tertiary/aromatic N) is 1. The Morgan fingerprint density at radius 3 is 2.53 bits per heavy atom. The van der Waals surface area contributed by atoms with Gasteiger partial charge in [-0.2, -0.15) is 0 Å². The van der Waals surface area contributed by atoms with Crippen LogP contribution in [-0.2, 0) is 6.54 Å². The van der Waals surface area contributed by atoms with Crippen molar-refractivity contribution in [3.05, 3.63) is 15.6 Å². The number of hydrogen-bond acceptors (Lipinski definition) is 4. The highest BCUT2D eigenvalue weighted by atomic mass is 32.1. The van der Waals surface area contributed by atoms with Crippen molar-refractivity contribution in [3.63, 3.8) is 0 Å². The van der Waals surface area contributed by atoms with Crippen LogP contribution in [0.3, 0.4) is 0 Å². The highest BCUT2D eigenvalue weighted by Crippen LogP contribution is 2.17. The number of hydrogen-bond donors (Lipinski definition) is 2. The van der Waals surface area contributed by atoms with Crippen LogP contribution in [0.2, 0.25) is 0 Å². The van der Waals surface area contributed by atoms with E-state index < -0.39 is 5.97 Å². The van der Waals surface area contributed by atoms with Crippen LogP contribution < -0.4 is 5.32 Å². The smallest absolute Gasteiger partial charge is 0.355 e. The molecule has 15 heavy (non-hydrogen) atoms. The highest BCUT2D eigenvalue weighted by Gasteiger charge is 2.15. The summed E-state index contributed by atoms with van der Waals surface area (Å²) < 4.78 is 0. The molecular formula is C10H16N2O2S. The minimum absolute atomic E-state index is 0.0168. The lowest BCUT2D eigenvalue weighted by molar-refractivity contribution is 0.0690. The van der Waals surface area contributed by atoms with Crippen LogP contribution >= 0.6 is 11.3 Å². The quantitative estimate of drug-likeness (QED) is 0.831. The third-order valence-corrected chi connectivity index (χ3v) is 2.78. The SMILES string of the molecule is Cc1sc(CNC(C)(C)C)nc1C(=O)O. The van der Waals surface area contributed by atoms with Crippen molar-refractivity contribution in [1.82, 2.24) is 10.3 Å². The third kappa shape index (κ3) is 3.60. The van der Waals surface area contributed by atoms with Crippen LogP contribution in [-0.4, -0.2) is 21.6 Å². The predicted octanol–water partition coefficient (Wildman–Crippen LogP) is 2.04. The molecule has 84 valence electrons. The molecule has 0 aliphatic carbocycles. The number of carboxylic acid groups (broad SMARTS) is 1. The fraction of sp³-hybridized carbons (Fsp3) is 0.600. The van der Waals surface area contributed by atoms with E-state index in [1.165, 1.54) is 11.3 Å². The number of carbonyl (C=O) groups is 1. The minimum atomic E-state index is -0.953. The van der Waals surface area contributed by atoms with Gasteiger partial charge in [0.05, 0.1) is 0 Å². The van der Waals surface area contributed by atoms with E-state index in [9.17, 15) is 4.79 Å². The zero-order valence-electron chi connectivity index (χ0n) is 9.42. The fourth-order valence-electron chi connectivity index (χ4n) is 1.07. The van der Waals surface area contributed by atoms with Crippen molar-refractivity contribution in [3.8, 4) is 0 Å². The molecule has 2 N–H and O–H groups in total. The Morgan fingerprint density at radius 1 is 1.53 bits per heavy atom. The molecular weight excluding hydrogens is 212 g/mol. The van der Waals surface area contributed by atoms with E-state index in [4.69, 9.17) is 5.11 Å². The molecule has 0 amide bonds. The van der Waals surface area contributed by atoms with E-state index in [-0.39, 0.29) is 11.2 Å². The van der Waals surface area contributed by atoms with Crippen LogP contribution in [0.5, 0.6) is 0 Å². The summed E-state index contributed by atoms with van der Waals surface area (Å²) in [5, 5.41) is 12.9. The van der Waals surface area contributed by atoms with Gasteiger partial charge in [0.1, 0.15) is 5.01 Å².